The molecule has 0 saturated carbocycles. The highest BCUT2D eigenvalue weighted by Gasteiger charge is 2.07. The van der Waals surface area contributed by atoms with Gasteiger partial charge in [-0.3, -0.25) is 4.79 Å². The predicted octanol–water partition coefficient (Wildman–Crippen LogP) is 3.20. The second kappa shape index (κ2) is 6.45. The van der Waals surface area contributed by atoms with Crippen LogP contribution in [0.1, 0.15) is 17.5 Å². The first-order valence-electron chi connectivity index (χ1n) is 7.40. The quantitative estimate of drug-likeness (QED) is 0.676. The zero-order valence-electron chi connectivity index (χ0n) is 12.3. The van der Waals surface area contributed by atoms with Crippen molar-refractivity contribution in [3.05, 3.63) is 65.9 Å². The first-order chi connectivity index (χ1) is 10.8. The maximum atomic E-state index is 12.1. The molecule has 0 saturated heterocycles. The molecule has 22 heavy (non-hydrogen) atoms. The number of carbonyl (C=O) groups is 1. The summed E-state index contributed by atoms with van der Waals surface area (Å²) in [5.41, 5.74) is 9.69. The molecule has 0 bridgehead atoms. The number of nitrogens with two attached hydrogens (primary N) is 1. The number of anilines is 1. The number of carbonyl (C=O) groups excluding carboxylic acids is 1. The minimum atomic E-state index is 0.0134. The average Bonchev–Trinajstić information content (AvgIpc) is 2.96. The zero-order chi connectivity index (χ0) is 15.4. The van der Waals surface area contributed by atoms with E-state index >= 15 is 0 Å². The van der Waals surface area contributed by atoms with Crippen molar-refractivity contribution in [3.8, 4) is 0 Å². The van der Waals surface area contributed by atoms with Crippen molar-refractivity contribution < 1.29 is 4.79 Å². The van der Waals surface area contributed by atoms with Crippen molar-refractivity contribution >= 4 is 22.5 Å². The number of aromatic amines is 1. The fraction of sp³-hybridized carbons (Fsp3) is 0.167. The number of benzene rings is 2. The molecule has 0 unspecified atom stereocenters. The van der Waals surface area contributed by atoms with Crippen LogP contribution < -0.4 is 11.1 Å². The van der Waals surface area contributed by atoms with E-state index in [1.165, 1.54) is 10.9 Å². The number of nitrogens with one attached hydrogen (secondary N) is 2. The van der Waals surface area contributed by atoms with E-state index in [9.17, 15) is 4.79 Å². The van der Waals surface area contributed by atoms with E-state index in [2.05, 4.69) is 16.4 Å². The van der Waals surface area contributed by atoms with Crippen LogP contribution >= 0.6 is 0 Å². The predicted molar refractivity (Wildman–Crippen MR) is 89.6 cm³/mol. The number of amides is 1. The molecular weight excluding hydrogens is 274 g/mol. The van der Waals surface area contributed by atoms with Crippen LogP contribution in [0, 0.1) is 0 Å². The molecule has 0 aliphatic rings. The van der Waals surface area contributed by atoms with Gasteiger partial charge in [0.1, 0.15) is 0 Å². The minimum Gasteiger partial charge on any atom is -0.361 e. The van der Waals surface area contributed by atoms with Crippen LogP contribution in [0.4, 0.5) is 5.69 Å². The van der Waals surface area contributed by atoms with Gasteiger partial charge >= 0.3 is 0 Å². The third-order valence-corrected chi connectivity index (χ3v) is 3.74. The summed E-state index contributed by atoms with van der Waals surface area (Å²) in [7, 11) is 0. The summed E-state index contributed by atoms with van der Waals surface area (Å²) in [4.78, 5) is 15.3. The fourth-order valence-electron chi connectivity index (χ4n) is 2.59. The molecule has 0 atom stereocenters. The van der Waals surface area contributed by atoms with E-state index < -0.39 is 0 Å². The molecule has 3 rings (SSSR count). The molecule has 0 spiro atoms. The summed E-state index contributed by atoms with van der Waals surface area (Å²) in [6.45, 7) is 0.471. The maximum absolute atomic E-state index is 12.1. The highest BCUT2D eigenvalue weighted by Crippen LogP contribution is 2.19. The molecule has 3 aromatic rings. The fourth-order valence-corrected chi connectivity index (χ4v) is 2.59. The Balaban J connectivity index is 1.62. The Morgan fingerprint density at radius 3 is 2.86 bits per heavy atom. The van der Waals surface area contributed by atoms with Gasteiger partial charge in [-0.25, -0.2) is 0 Å². The molecule has 0 aliphatic carbocycles. The smallest absolute Gasteiger partial charge is 0.224 e. The number of hydrogen-bond acceptors (Lipinski definition) is 2. The Hall–Kier alpha value is -2.59. The topological polar surface area (TPSA) is 70.9 Å². The van der Waals surface area contributed by atoms with Crippen molar-refractivity contribution in [3.63, 3.8) is 0 Å². The number of fused-ring (bicyclic) bond motifs is 1. The van der Waals surface area contributed by atoms with Crippen molar-refractivity contribution in [2.24, 2.45) is 5.73 Å². The van der Waals surface area contributed by atoms with Gasteiger partial charge < -0.3 is 16.0 Å². The Labute approximate surface area is 129 Å². The number of aromatic nitrogens is 1. The van der Waals surface area contributed by atoms with Gasteiger partial charge in [-0.1, -0.05) is 30.3 Å². The maximum Gasteiger partial charge on any atom is 0.224 e. The summed E-state index contributed by atoms with van der Waals surface area (Å²) in [6, 6.07) is 15.8. The minimum absolute atomic E-state index is 0.0134. The standard InChI is InChI=1S/C18H19N3O/c19-11-13-4-3-5-15(10-13)21-18(22)9-8-14-12-20-17-7-2-1-6-16(14)17/h1-7,10,12,20H,8-9,11,19H2,(H,21,22). The zero-order valence-corrected chi connectivity index (χ0v) is 12.3. The van der Waals surface area contributed by atoms with E-state index in [4.69, 9.17) is 5.73 Å². The van der Waals surface area contributed by atoms with Crippen LogP contribution in [0.5, 0.6) is 0 Å². The molecule has 112 valence electrons. The lowest BCUT2D eigenvalue weighted by Gasteiger charge is -2.06. The lowest BCUT2D eigenvalue weighted by Crippen LogP contribution is -2.12. The number of H-pyrrole nitrogens is 1. The molecule has 4 N–H and O–H groups in total. The first kappa shape index (κ1) is 14.4. The first-order valence-corrected chi connectivity index (χ1v) is 7.40. The van der Waals surface area contributed by atoms with E-state index in [-0.39, 0.29) is 5.91 Å². The highest BCUT2D eigenvalue weighted by molar-refractivity contribution is 5.91. The summed E-state index contributed by atoms with van der Waals surface area (Å²) in [5, 5.41) is 4.10. The Bertz CT molecular complexity index is 792. The van der Waals surface area contributed by atoms with Crippen LogP contribution in [0.3, 0.4) is 0 Å². The van der Waals surface area contributed by atoms with E-state index in [0.29, 0.717) is 19.4 Å². The molecule has 0 fully saturated rings. The van der Waals surface area contributed by atoms with Crippen LogP contribution in [-0.2, 0) is 17.8 Å². The van der Waals surface area contributed by atoms with E-state index in [1.54, 1.807) is 0 Å². The average molecular weight is 293 g/mol. The van der Waals surface area contributed by atoms with Crippen molar-refractivity contribution in [1.29, 1.82) is 0 Å². The van der Waals surface area contributed by atoms with Crippen LogP contribution in [0.15, 0.2) is 54.7 Å². The summed E-state index contributed by atoms with van der Waals surface area (Å²) in [6.07, 6.45) is 3.15. The summed E-state index contributed by atoms with van der Waals surface area (Å²) < 4.78 is 0. The monoisotopic (exact) mass is 293 g/mol. The van der Waals surface area contributed by atoms with Crippen LogP contribution in [0.25, 0.3) is 10.9 Å². The molecule has 4 nitrogen and oxygen atoms in total. The molecular formula is C18H19N3O. The second-order valence-electron chi connectivity index (χ2n) is 5.31. The number of hydrogen-bond donors (Lipinski definition) is 3. The van der Waals surface area contributed by atoms with Crippen LogP contribution in [-0.4, -0.2) is 10.9 Å². The van der Waals surface area contributed by atoms with Gasteiger partial charge in [0.25, 0.3) is 0 Å². The summed E-state index contributed by atoms with van der Waals surface area (Å²) in [5.74, 6) is 0.0134. The van der Waals surface area contributed by atoms with Gasteiger partial charge in [0.05, 0.1) is 0 Å². The van der Waals surface area contributed by atoms with Gasteiger partial charge in [-0.15, -0.1) is 0 Å². The van der Waals surface area contributed by atoms with Gasteiger partial charge in [-0.05, 0) is 35.7 Å². The summed E-state index contributed by atoms with van der Waals surface area (Å²) >= 11 is 0. The molecule has 1 amide bonds. The Morgan fingerprint density at radius 1 is 1.14 bits per heavy atom. The number of para-hydroxylation sites is 1. The van der Waals surface area contributed by atoms with E-state index in [1.807, 2.05) is 48.7 Å². The van der Waals surface area contributed by atoms with Crippen molar-refractivity contribution in [1.82, 2.24) is 4.98 Å². The molecule has 0 aliphatic heterocycles. The molecule has 1 heterocycles. The molecule has 0 radical (unpaired) electrons. The van der Waals surface area contributed by atoms with Gasteiger partial charge in [-0.2, -0.15) is 0 Å². The lowest BCUT2D eigenvalue weighted by atomic mass is 10.1. The van der Waals surface area contributed by atoms with Gasteiger partial charge in [0.2, 0.25) is 5.91 Å². The Morgan fingerprint density at radius 2 is 2.00 bits per heavy atom. The third kappa shape index (κ3) is 3.18. The SMILES string of the molecule is NCc1cccc(NC(=O)CCc2c[nH]c3ccccc23)c1. The largest absolute Gasteiger partial charge is 0.361 e. The third-order valence-electron chi connectivity index (χ3n) is 3.74. The molecule has 4 heteroatoms. The number of rotatable bonds is 5. The normalized spacial score (nSPS) is 10.8. The highest BCUT2D eigenvalue weighted by atomic mass is 16.1. The van der Waals surface area contributed by atoms with E-state index in [0.717, 1.165) is 16.8 Å². The Kier molecular flexibility index (Phi) is 4.21. The number of aryl methyl sites for hydroxylation is 1. The molecule has 1 aromatic heterocycles. The van der Waals surface area contributed by atoms with Gasteiger partial charge in [0.15, 0.2) is 0 Å². The second-order valence-corrected chi connectivity index (χ2v) is 5.31. The molecule has 2 aromatic carbocycles. The van der Waals surface area contributed by atoms with Crippen molar-refractivity contribution in [2.75, 3.05) is 5.32 Å². The lowest BCUT2D eigenvalue weighted by molar-refractivity contribution is -0.116. The van der Waals surface area contributed by atoms with Crippen LogP contribution in [0.2, 0.25) is 0 Å². The van der Waals surface area contributed by atoms with Crippen molar-refractivity contribution in [2.45, 2.75) is 19.4 Å². The van der Waals surface area contributed by atoms with Gasteiger partial charge in [0, 0.05) is 35.8 Å².